The van der Waals surface area contributed by atoms with Crippen LogP contribution in [0.4, 0.5) is 17.1 Å². The van der Waals surface area contributed by atoms with E-state index >= 15 is 0 Å². The van der Waals surface area contributed by atoms with E-state index in [1.165, 1.54) is 50.1 Å². The zero-order valence-corrected chi connectivity index (χ0v) is 37.8. The highest BCUT2D eigenvalue weighted by molar-refractivity contribution is 6.36. The van der Waals surface area contributed by atoms with Gasteiger partial charge in [-0.3, -0.25) is 5.41 Å². The third kappa shape index (κ3) is 6.47. The SMILES string of the molecule is N=C(/C(=C1\NC(c2ccccc2)=Cc2cc(N(c3ccc(-c4ccccc4)cc3)c3ccc4c(c3)C3(c5ccccc5-c5ccccc53)c3ccccc3-4)ccc21)c1ccccc1)c1ccccc1. The first-order valence-electron chi connectivity index (χ1n) is 23.7. The summed E-state index contributed by atoms with van der Waals surface area (Å²) in [5.41, 5.74) is 23.5. The van der Waals surface area contributed by atoms with Gasteiger partial charge in [0.05, 0.1) is 16.8 Å². The molecule has 3 aliphatic rings. The summed E-state index contributed by atoms with van der Waals surface area (Å²) in [6, 6.07) is 91.5. The predicted molar refractivity (Wildman–Crippen MR) is 287 cm³/mol. The van der Waals surface area contributed by atoms with E-state index in [4.69, 9.17) is 0 Å². The fraction of sp³-hybridized carbons (Fsp3) is 0.0152. The molecule has 0 atom stereocenters. The van der Waals surface area contributed by atoms with Gasteiger partial charge < -0.3 is 10.2 Å². The second-order valence-corrected chi connectivity index (χ2v) is 18.0. The molecule has 1 spiro atoms. The Morgan fingerprint density at radius 2 is 0.797 bits per heavy atom. The third-order valence-corrected chi connectivity index (χ3v) is 14.3. The number of hydrogen-bond donors (Lipinski definition) is 2. The second-order valence-electron chi connectivity index (χ2n) is 18.0. The Kier molecular flexibility index (Phi) is 9.55. The average molecular weight is 880 g/mol. The minimum atomic E-state index is -0.483. The lowest BCUT2D eigenvalue weighted by Crippen LogP contribution is -2.26. The molecule has 0 aromatic heterocycles. The van der Waals surface area contributed by atoms with Gasteiger partial charge in [0.1, 0.15) is 0 Å². The summed E-state index contributed by atoms with van der Waals surface area (Å²) in [5.74, 6) is 0. The van der Waals surface area contributed by atoms with Crippen LogP contribution in [-0.2, 0) is 5.41 Å². The van der Waals surface area contributed by atoms with Gasteiger partial charge in [-0.15, -0.1) is 0 Å². The van der Waals surface area contributed by atoms with Crippen molar-refractivity contribution >= 4 is 45.8 Å². The van der Waals surface area contributed by atoms with Crippen LogP contribution in [0.2, 0.25) is 0 Å². The number of hydrogen-bond acceptors (Lipinski definition) is 3. The number of fused-ring (bicyclic) bond motifs is 11. The molecule has 0 fully saturated rings. The Hall–Kier alpha value is -9.05. The van der Waals surface area contributed by atoms with Gasteiger partial charge >= 0.3 is 0 Å². The first kappa shape index (κ1) is 40.2. The molecule has 3 heteroatoms. The van der Waals surface area contributed by atoms with Crippen LogP contribution in [0.15, 0.2) is 255 Å². The normalized spacial score (nSPS) is 14.1. The van der Waals surface area contributed by atoms with Crippen molar-refractivity contribution in [1.29, 1.82) is 5.41 Å². The summed E-state index contributed by atoms with van der Waals surface area (Å²) in [6.07, 6.45) is 2.27. The van der Waals surface area contributed by atoms with Gasteiger partial charge in [-0.05, 0) is 115 Å². The van der Waals surface area contributed by atoms with E-state index in [1.807, 2.05) is 36.4 Å². The Morgan fingerprint density at radius 3 is 1.38 bits per heavy atom. The summed E-state index contributed by atoms with van der Waals surface area (Å²) in [7, 11) is 0. The van der Waals surface area contributed by atoms with Crippen LogP contribution in [0.1, 0.15) is 50.1 Å². The maximum atomic E-state index is 9.83. The van der Waals surface area contributed by atoms with Gasteiger partial charge in [0.15, 0.2) is 0 Å². The maximum absolute atomic E-state index is 9.83. The Morgan fingerprint density at radius 1 is 0.362 bits per heavy atom. The molecule has 10 aromatic rings. The lowest BCUT2D eigenvalue weighted by atomic mass is 9.70. The van der Waals surface area contributed by atoms with Crippen molar-refractivity contribution in [2.45, 2.75) is 5.41 Å². The standard InChI is InChI=1S/C66H45N3/c67-64(48-25-11-4-12-26-48)63(47-23-9-3-10-24-47)65-53-39-37-51(41-49(53)42-62(68-65)46-21-7-2-8-22-46)69(50-35-33-45(34-36-50)44-19-5-1-6-20-44)52-38-40-57-56-29-15-18-32-60(56)66(61(57)43-52)58-30-16-13-27-54(58)55-28-14-17-31-59(55)66/h1-43,67-68H/b65-63-,67-64?. The van der Waals surface area contributed by atoms with Crippen molar-refractivity contribution in [3.8, 4) is 33.4 Å². The molecule has 1 heterocycles. The van der Waals surface area contributed by atoms with E-state index in [-0.39, 0.29) is 0 Å². The molecule has 0 amide bonds. The van der Waals surface area contributed by atoms with E-state index in [0.717, 1.165) is 67.4 Å². The smallest absolute Gasteiger partial charge is 0.0726 e. The monoisotopic (exact) mass is 879 g/mol. The molecule has 0 bridgehead atoms. The highest BCUT2D eigenvalue weighted by Gasteiger charge is 2.51. The highest BCUT2D eigenvalue weighted by atomic mass is 15.1. The summed E-state index contributed by atoms with van der Waals surface area (Å²) in [6.45, 7) is 0. The van der Waals surface area contributed by atoms with E-state index in [2.05, 4.69) is 235 Å². The van der Waals surface area contributed by atoms with Crippen molar-refractivity contribution in [3.05, 3.63) is 305 Å². The van der Waals surface area contributed by atoms with Gasteiger partial charge in [-0.25, -0.2) is 0 Å². The Bertz CT molecular complexity index is 3620. The molecular weight excluding hydrogens is 835 g/mol. The molecule has 0 saturated heterocycles. The van der Waals surface area contributed by atoms with Gasteiger partial charge in [0.25, 0.3) is 0 Å². The van der Waals surface area contributed by atoms with Crippen molar-refractivity contribution in [2.75, 3.05) is 4.90 Å². The minimum Gasteiger partial charge on any atom is -0.354 e. The van der Waals surface area contributed by atoms with E-state index < -0.39 is 5.41 Å². The van der Waals surface area contributed by atoms with Crippen LogP contribution in [0.5, 0.6) is 0 Å². The molecular formula is C66H45N3. The molecule has 0 radical (unpaired) electrons. The number of nitrogens with zero attached hydrogens (tertiary/aromatic N) is 1. The molecule has 69 heavy (non-hydrogen) atoms. The number of rotatable bonds is 8. The van der Waals surface area contributed by atoms with E-state index in [9.17, 15) is 5.41 Å². The quantitative estimate of drug-likeness (QED) is 0.149. The van der Waals surface area contributed by atoms with Crippen LogP contribution < -0.4 is 10.2 Å². The third-order valence-electron chi connectivity index (χ3n) is 14.3. The number of nitrogens with one attached hydrogen (secondary N) is 2. The van der Waals surface area contributed by atoms with Gasteiger partial charge in [0, 0.05) is 39.5 Å². The largest absolute Gasteiger partial charge is 0.354 e. The molecule has 2 N–H and O–H groups in total. The molecule has 3 nitrogen and oxygen atoms in total. The fourth-order valence-corrected chi connectivity index (χ4v) is 11.3. The summed E-state index contributed by atoms with van der Waals surface area (Å²) in [5, 5.41) is 13.7. The minimum absolute atomic E-state index is 0.455. The number of benzene rings is 10. The highest BCUT2D eigenvalue weighted by Crippen LogP contribution is 2.63. The van der Waals surface area contributed by atoms with Gasteiger partial charge in [-0.1, -0.05) is 218 Å². The molecule has 0 unspecified atom stereocenters. The van der Waals surface area contributed by atoms with Crippen LogP contribution in [0, 0.1) is 5.41 Å². The summed E-state index contributed by atoms with van der Waals surface area (Å²) >= 11 is 0. The zero-order valence-electron chi connectivity index (χ0n) is 37.8. The van der Waals surface area contributed by atoms with Crippen molar-refractivity contribution in [2.24, 2.45) is 0 Å². The predicted octanol–water partition coefficient (Wildman–Crippen LogP) is 16.2. The topological polar surface area (TPSA) is 39.1 Å². The molecule has 0 saturated carbocycles. The summed E-state index contributed by atoms with van der Waals surface area (Å²) < 4.78 is 0. The number of anilines is 3. The molecule has 13 rings (SSSR count). The van der Waals surface area contributed by atoms with Crippen LogP contribution in [-0.4, -0.2) is 5.71 Å². The van der Waals surface area contributed by atoms with Crippen LogP contribution in [0.25, 0.3) is 56.4 Å². The Balaban J connectivity index is 1.05. The van der Waals surface area contributed by atoms with Gasteiger partial charge in [0.2, 0.25) is 0 Å². The lowest BCUT2D eigenvalue weighted by molar-refractivity contribution is 0.793. The molecule has 10 aromatic carbocycles. The van der Waals surface area contributed by atoms with Crippen LogP contribution >= 0.6 is 0 Å². The zero-order chi connectivity index (χ0) is 45.9. The average Bonchev–Trinajstić information content (AvgIpc) is 3.89. The first-order valence-corrected chi connectivity index (χ1v) is 23.7. The Labute approximate surface area is 403 Å². The van der Waals surface area contributed by atoms with E-state index in [1.54, 1.807) is 0 Å². The molecule has 1 aliphatic heterocycles. The first-order chi connectivity index (χ1) is 34.1. The second kappa shape index (κ2) is 16.4. The number of allylic oxidation sites excluding steroid dienone is 1. The molecule has 2 aliphatic carbocycles. The van der Waals surface area contributed by atoms with Crippen molar-refractivity contribution in [3.63, 3.8) is 0 Å². The summed E-state index contributed by atoms with van der Waals surface area (Å²) in [4.78, 5) is 2.42. The van der Waals surface area contributed by atoms with Crippen molar-refractivity contribution in [1.82, 2.24) is 5.32 Å². The van der Waals surface area contributed by atoms with Crippen molar-refractivity contribution < 1.29 is 0 Å². The molecule has 324 valence electrons. The fourth-order valence-electron chi connectivity index (χ4n) is 11.3. The maximum Gasteiger partial charge on any atom is 0.0726 e. The van der Waals surface area contributed by atoms with Crippen LogP contribution in [0.3, 0.4) is 0 Å². The van der Waals surface area contributed by atoms with E-state index in [0.29, 0.717) is 5.71 Å². The lowest BCUT2D eigenvalue weighted by Gasteiger charge is -2.32. The van der Waals surface area contributed by atoms with Gasteiger partial charge in [-0.2, -0.15) is 0 Å².